The SMILES string of the molecule is COc1ccc(-c2nc(CC(=O)OC(C)c3nc(-c4ccc(C)c(F)c4)no3)cs2)cc1OC. The van der Waals surface area contributed by atoms with Crippen molar-refractivity contribution < 1.29 is 27.9 Å². The Morgan fingerprint density at radius 3 is 2.59 bits per heavy atom. The molecule has 0 aliphatic carbocycles. The number of carbonyl (C=O) groups is 1. The molecule has 0 aliphatic heterocycles. The molecule has 2 aromatic heterocycles. The van der Waals surface area contributed by atoms with Gasteiger partial charge in [-0.1, -0.05) is 17.3 Å². The lowest BCUT2D eigenvalue weighted by molar-refractivity contribution is -0.149. The number of hydrogen-bond acceptors (Lipinski definition) is 9. The van der Waals surface area contributed by atoms with Crippen molar-refractivity contribution in [2.24, 2.45) is 0 Å². The highest BCUT2D eigenvalue weighted by Crippen LogP contribution is 2.33. The summed E-state index contributed by atoms with van der Waals surface area (Å²) >= 11 is 1.41. The van der Waals surface area contributed by atoms with Crippen LogP contribution in [-0.4, -0.2) is 35.3 Å². The summed E-state index contributed by atoms with van der Waals surface area (Å²) in [6, 6.07) is 10.2. The second-order valence-electron chi connectivity index (χ2n) is 7.44. The zero-order chi connectivity index (χ0) is 24.2. The molecule has 10 heteroatoms. The maximum atomic E-state index is 13.8. The van der Waals surface area contributed by atoms with Crippen LogP contribution >= 0.6 is 11.3 Å². The molecule has 2 aromatic carbocycles. The number of aromatic nitrogens is 3. The number of hydrogen-bond donors (Lipinski definition) is 0. The fraction of sp³-hybridized carbons (Fsp3) is 0.250. The molecule has 0 saturated heterocycles. The number of aryl methyl sites for hydroxylation is 1. The van der Waals surface area contributed by atoms with E-state index in [4.69, 9.17) is 18.7 Å². The van der Waals surface area contributed by atoms with Crippen molar-refractivity contribution in [1.29, 1.82) is 0 Å². The summed E-state index contributed by atoms with van der Waals surface area (Å²) in [5.74, 6) is 0.705. The van der Waals surface area contributed by atoms with Gasteiger partial charge in [0.05, 0.1) is 26.3 Å². The number of esters is 1. The summed E-state index contributed by atoms with van der Waals surface area (Å²) in [7, 11) is 3.14. The molecule has 0 N–H and O–H groups in total. The van der Waals surface area contributed by atoms with Crippen LogP contribution in [0, 0.1) is 12.7 Å². The minimum atomic E-state index is -0.770. The van der Waals surface area contributed by atoms with Crippen molar-refractivity contribution in [3.8, 4) is 33.5 Å². The molecule has 34 heavy (non-hydrogen) atoms. The van der Waals surface area contributed by atoms with Crippen molar-refractivity contribution in [3.63, 3.8) is 0 Å². The second kappa shape index (κ2) is 10.0. The Morgan fingerprint density at radius 1 is 1.09 bits per heavy atom. The number of thiazole rings is 1. The van der Waals surface area contributed by atoms with Crippen LogP contribution in [0.25, 0.3) is 22.0 Å². The third kappa shape index (κ3) is 5.07. The van der Waals surface area contributed by atoms with Crippen LogP contribution in [0.1, 0.15) is 30.2 Å². The van der Waals surface area contributed by atoms with Gasteiger partial charge in [-0.2, -0.15) is 4.98 Å². The number of nitrogens with zero attached hydrogens (tertiary/aromatic N) is 3. The largest absolute Gasteiger partial charge is 0.493 e. The Kier molecular flexibility index (Phi) is 6.87. The molecule has 0 bridgehead atoms. The number of benzene rings is 2. The van der Waals surface area contributed by atoms with Gasteiger partial charge < -0.3 is 18.7 Å². The van der Waals surface area contributed by atoms with E-state index in [2.05, 4.69) is 15.1 Å². The molecule has 1 unspecified atom stereocenters. The van der Waals surface area contributed by atoms with Gasteiger partial charge in [0.2, 0.25) is 5.82 Å². The van der Waals surface area contributed by atoms with Gasteiger partial charge in [0, 0.05) is 16.5 Å². The van der Waals surface area contributed by atoms with Crippen LogP contribution < -0.4 is 9.47 Å². The van der Waals surface area contributed by atoms with E-state index in [9.17, 15) is 9.18 Å². The van der Waals surface area contributed by atoms with Gasteiger partial charge in [-0.15, -0.1) is 11.3 Å². The normalized spacial score (nSPS) is 11.8. The Balaban J connectivity index is 1.39. The second-order valence-corrected chi connectivity index (χ2v) is 8.30. The summed E-state index contributed by atoms with van der Waals surface area (Å²) < 4.78 is 35.1. The minimum Gasteiger partial charge on any atom is -0.493 e. The maximum Gasteiger partial charge on any atom is 0.312 e. The van der Waals surface area contributed by atoms with Gasteiger partial charge in [0.1, 0.15) is 10.8 Å². The van der Waals surface area contributed by atoms with E-state index in [1.54, 1.807) is 51.6 Å². The van der Waals surface area contributed by atoms with Gasteiger partial charge in [-0.3, -0.25) is 4.79 Å². The molecule has 0 fully saturated rings. The monoisotopic (exact) mass is 483 g/mol. The molecular weight excluding hydrogens is 461 g/mol. The van der Waals surface area contributed by atoms with Crippen LogP contribution in [0.3, 0.4) is 0 Å². The van der Waals surface area contributed by atoms with Crippen LogP contribution in [0.5, 0.6) is 11.5 Å². The fourth-order valence-corrected chi connectivity index (χ4v) is 3.99. The average molecular weight is 484 g/mol. The smallest absolute Gasteiger partial charge is 0.312 e. The number of carbonyl (C=O) groups excluding carboxylic acids is 1. The molecule has 2 heterocycles. The highest BCUT2D eigenvalue weighted by molar-refractivity contribution is 7.13. The molecule has 0 spiro atoms. The fourth-order valence-electron chi connectivity index (χ4n) is 3.18. The van der Waals surface area contributed by atoms with Crippen molar-refractivity contribution in [3.05, 3.63) is 64.7 Å². The van der Waals surface area contributed by atoms with Gasteiger partial charge in [-0.05, 0) is 43.7 Å². The molecule has 0 radical (unpaired) electrons. The number of methoxy groups -OCH3 is 2. The molecule has 4 rings (SSSR count). The maximum absolute atomic E-state index is 13.8. The highest BCUT2D eigenvalue weighted by Gasteiger charge is 2.21. The standard InChI is InChI=1S/C24H22FN3O5S/c1-13-5-6-15(9-18(13)25)22-27-23(33-28-22)14(2)32-21(29)11-17-12-34-24(26-17)16-7-8-19(30-3)20(10-16)31-4/h5-10,12,14H,11H2,1-4H3. The summed E-state index contributed by atoms with van der Waals surface area (Å²) in [5, 5.41) is 6.40. The van der Waals surface area contributed by atoms with Crippen LogP contribution in [0.15, 0.2) is 46.3 Å². The lowest BCUT2D eigenvalue weighted by Crippen LogP contribution is -2.12. The van der Waals surface area contributed by atoms with E-state index < -0.39 is 12.1 Å². The molecular formula is C24H22FN3O5S. The average Bonchev–Trinajstić information content (AvgIpc) is 3.50. The summed E-state index contributed by atoms with van der Waals surface area (Å²) in [6.45, 7) is 3.29. The van der Waals surface area contributed by atoms with Gasteiger partial charge in [0.25, 0.3) is 5.89 Å². The summed E-state index contributed by atoms with van der Waals surface area (Å²) in [5.41, 5.74) is 2.42. The zero-order valence-corrected chi connectivity index (χ0v) is 19.8. The quantitative estimate of drug-likeness (QED) is 0.317. The van der Waals surface area contributed by atoms with Crippen LogP contribution in [-0.2, 0) is 16.0 Å². The Hall–Kier alpha value is -3.79. The minimum absolute atomic E-state index is 0.0156. The molecule has 4 aromatic rings. The Labute approximate surface area is 199 Å². The molecule has 0 amide bonds. The van der Waals surface area contributed by atoms with E-state index in [1.807, 2.05) is 12.1 Å². The molecule has 0 aliphatic rings. The molecule has 8 nitrogen and oxygen atoms in total. The summed E-state index contributed by atoms with van der Waals surface area (Å²) in [6.07, 6.45) is -0.786. The third-order valence-electron chi connectivity index (χ3n) is 5.04. The van der Waals surface area contributed by atoms with E-state index in [0.717, 1.165) is 10.6 Å². The van der Waals surface area contributed by atoms with Gasteiger partial charge in [-0.25, -0.2) is 9.37 Å². The first-order chi connectivity index (χ1) is 16.4. The van der Waals surface area contributed by atoms with Crippen molar-refractivity contribution in [1.82, 2.24) is 15.1 Å². The lowest BCUT2D eigenvalue weighted by Gasteiger charge is -2.08. The number of ether oxygens (including phenoxy) is 3. The third-order valence-corrected chi connectivity index (χ3v) is 5.98. The molecule has 0 saturated carbocycles. The predicted octanol–water partition coefficient (Wildman–Crippen LogP) is 5.17. The van der Waals surface area contributed by atoms with Crippen molar-refractivity contribution in [2.75, 3.05) is 14.2 Å². The van der Waals surface area contributed by atoms with E-state index in [1.165, 1.54) is 17.4 Å². The van der Waals surface area contributed by atoms with E-state index >= 15 is 0 Å². The van der Waals surface area contributed by atoms with Crippen molar-refractivity contribution in [2.45, 2.75) is 26.4 Å². The zero-order valence-electron chi connectivity index (χ0n) is 19.0. The highest BCUT2D eigenvalue weighted by atomic mass is 32.1. The molecule has 176 valence electrons. The Morgan fingerprint density at radius 2 is 1.85 bits per heavy atom. The van der Waals surface area contributed by atoms with Gasteiger partial charge in [0.15, 0.2) is 17.6 Å². The van der Waals surface area contributed by atoms with E-state index in [0.29, 0.717) is 28.3 Å². The number of halogens is 1. The van der Waals surface area contributed by atoms with Crippen molar-refractivity contribution >= 4 is 17.3 Å². The van der Waals surface area contributed by atoms with Gasteiger partial charge >= 0.3 is 5.97 Å². The summed E-state index contributed by atoms with van der Waals surface area (Å²) in [4.78, 5) is 21.2. The first kappa shape index (κ1) is 23.4. The van der Waals surface area contributed by atoms with E-state index in [-0.39, 0.29) is 24.0 Å². The van der Waals surface area contributed by atoms with Crippen LogP contribution in [0.4, 0.5) is 4.39 Å². The first-order valence-electron chi connectivity index (χ1n) is 10.3. The lowest BCUT2D eigenvalue weighted by atomic mass is 10.1. The van der Waals surface area contributed by atoms with Crippen LogP contribution in [0.2, 0.25) is 0 Å². The molecule has 1 atom stereocenters. The topological polar surface area (TPSA) is 96.6 Å². The predicted molar refractivity (Wildman–Crippen MR) is 123 cm³/mol. The number of rotatable bonds is 8. The Bertz CT molecular complexity index is 1320. The first-order valence-corrected chi connectivity index (χ1v) is 11.2.